The lowest BCUT2D eigenvalue weighted by atomic mass is 10.1. The molecule has 2 aliphatic rings. The molecule has 0 amide bonds. The van der Waals surface area contributed by atoms with Gasteiger partial charge in [0.2, 0.25) is 0 Å². The normalized spacial score (nSPS) is 26.2. The smallest absolute Gasteiger partial charge is 0.266 e. The highest BCUT2D eigenvalue weighted by Crippen LogP contribution is 2.38. The Kier molecular flexibility index (Phi) is 3.20. The molecular weight excluding hydrogens is 264 g/mol. The molecule has 0 N–H and O–H groups in total. The number of nitrogens with zero attached hydrogens (tertiary/aromatic N) is 2. The van der Waals surface area contributed by atoms with Crippen LogP contribution in [0.1, 0.15) is 37.3 Å². The first-order valence-corrected chi connectivity index (χ1v) is 8.64. The second kappa shape index (κ2) is 4.74. The molecule has 1 aromatic heterocycles. The summed E-state index contributed by atoms with van der Waals surface area (Å²) in [5.74, 6) is 1.00. The van der Waals surface area contributed by atoms with Crippen LogP contribution >= 0.6 is 0 Å². The zero-order valence-corrected chi connectivity index (χ0v) is 11.6. The summed E-state index contributed by atoms with van der Waals surface area (Å²) in [4.78, 5) is 11.8. The molecule has 3 rings (SSSR count). The molecule has 2 fully saturated rings. The second-order valence-electron chi connectivity index (χ2n) is 5.68. The molecule has 1 aliphatic carbocycles. The molecule has 0 radical (unpaired) electrons. The van der Waals surface area contributed by atoms with E-state index in [9.17, 15) is 13.2 Å². The molecule has 1 saturated carbocycles. The topological polar surface area (TPSA) is 69.0 Å². The Morgan fingerprint density at radius 2 is 2.05 bits per heavy atom. The summed E-state index contributed by atoms with van der Waals surface area (Å²) in [6.07, 6.45) is 3.84. The molecule has 1 unspecified atom stereocenters. The van der Waals surface area contributed by atoms with Crippen molar-refractivity contribution in [3.8, 4) is 0 Å². The summed E-state index contributed by atoms with van der Waals surface area (Å²) in [5, 5.41) is 4.39. The Bertz CT molecular complexity index is 632. The first kappa shape index (κ1) is 12.8. The predicted molar refractivity (Wildman–Crippen MR) is 71.8 cm³/mol. The SMILES string of the molecule is O=c1ccc(C2CC2)nn1CC1CCCS(=O)(=O)C1. The van der Waals surface area contributed by atoms with Crippen molar-refractivity contribution < 1.29 is 8.42 Å². The Morgan fingerprint density at radius 3 is 2.74 bits per heavy atom. The Hall–Kier alpha value is -1.17. The fourth-order valence-corrected chi connectivity index (χ4v) is 4.46. The Morgan fingerprint density at radius 1 is 1.26 bits per heavy atom. The van der Waals surface area contributed by atoms with E-state index in [1.54, 1.807) is 12.1 Å². The van der Waals surface area contributed by atoms with Crippen molar-refractivity contribution in [3.05, 3.63) is 28.2 Å². The summed E-state index contributed by atoms with van der Waals surface area (Å²) in [5.41, 5.74) is 0.839. The quantitative estimate of drug-likeness (QED) is 0.827. The lowest BCUT2D eigenvalue weighted by Gasteiger charge is -2.22. The van der Waals surface area contributed by atoms with Crippen molar-refractivity contribution in [1.29, 1.82) is 0 Å². The zero-order chi connectivity index (χ0) is 13.5. The van der Waals surface area contributed by atoms with Gasteiger partial charge in [-0.15, -0.1) is 0 Å². The van der Waals surface area contributed by atoms with Gasteiger partial charge < -0.3 is 0 Å². The third-order valence-electron chi connectivity index (χ3n) is 3.87. The van der Waals surface area contributed by atoms with E-state index < -0.39 is 9.84 Å². The number of rotatable bonds is 3. The lowest BCUT2D eigenvalue weighted by molar-refractivity contribution is 0.392. The molecule has 1 atom stereocenters. The molecule has 2 heterocycles. The van der Waals surface area contributed by atoms with Gasteiger partial charge in [0.15, 0.2) is 9.84 Å². The minimum atomic E-state index is -2.92. The van der Waals surface area contributed by atoms with E-state index in [1.165, 1.54) is 4.68 Å². The van der Waals surface area contributed by atoms with Crippen molar-refractivity contribution in [3.63, 3.8) is 0 Å². The van der Waals surface area contributed by atoms with E-state index in [0.29, 0.717) is 18.9 Å². The van der Waals surface area contributed by atoms with E-state index in [2.05, 4.69) is 5.10 Å². The summed E-state index contributed by atoms with van der Waals surface area (Å²) < 4.78 is 24.7. The highest BCUT2D eigenvalue weighted by molar-refractivity contribution is 7.91. The fourth-order valence-electron chi connectivity index (χ4n) is 2.70. The summed E-state index contributed by atoms with van der Waals surface area (Å²) >= 11 is 0. The largest absolute Gasteiger partial charge is 0.268 e. The van der Waals surface area contributed by atoms with Gasteiger partial charge in [-0.2, -0.15) is 5.10 Å². The number of aromatic nitrogens is 2. The van der Waals surface area contributed by atoms with Gasteiger partial charge in [-0.1, -0.05) is 0 Å². The van der Waals surface area contributed by atoms with Gasteiger partial charge in [-0.25, -0.2) is 13.1 Å². The van der Waals surface area contributed by atoms with Gasteiger partial charge in [-0.05, 0) is 37.7 Å². The third kappa shape index (κ3) is 3.05. The average molecular weight is 282 g/mol. The molecule has 1 aliphatic heterocycles. The van der Waals surface area contributed by atoms with Gasteiger partial charge >= 0.3 is 0 Å². The number of sulfone groups is 1. The monoisotopic (exact) mass is 282 g/mol. The lowest BCUT2D eigenvalue weighted by Crippen LogP contribution is -2.33. The van der Waals surface area contributed by atoms with E-state index >= 15 is 0 Å². The maximum Gasteiger partial charge on any atom is 0.266 e. The molecule has 5 nitrogen and oxygen atoms in total. The molecule has 0 bridgehead atoms. The van der Waals surface area contributed by atoms with Gasteiger partial charge in [0, 0.05) is 18.5 Å². The predicted octanol–water partition coefficient (Wildman–Crippen LogP) is 0.946. The van der Waals surface area contributed by atoms with Crippen molar-refractivity contribution in [1.82, 2.24) is 9.78 Å². The Labute approximate surface area is 112 Å². The maximum absolute atomic E-state index is 11.8. The molecule has 6 heteroatoms. The highest BCUT2D eigenvalue weighted by atomic mass is 32.2. The Balaban J connectivity index is 1.78. The van der Waals surface area contributed by atoms with Crippen LogP contribution in [0, 0.1) is 5.92 Å². The van der Waals surface area contributed by atoms with Crippen LogP contribution in [0.2, 0.25) is 0 Å². The fraction of sp³-hybridized carbons (Fsp3) is 0.692. The highest BCUT2D eigenvalue weighted by Gasteiger charge is 2.27. The first-order valence-electron chi connectivity index (χ1n) is 6.82. The third-order valence-corrected chi connectivity index (χ3v) is 5.76. The van der Waals surface area contributed by atoms with Gasteiger partial charge in [-0.3, -0.25) is 4.79 Å². The van der Waals surface area contributed by atoms with Crippen molar-refractivity contribution in [2.24, 2.45) is 5.92 Å². The van der Waals surface area contributed by atoms with Crippen LogP contribution in [0.25, 0.3) is 0 Å². The molecule has 19 heavy (non-hydrogen) atoms. The summed E-state index contributed by atoms with van der Waals surface area (Å²) in [6, 6.07) is 3.35. The van der Waals surface area contributed by atoms with Crippen LogP contribution in [0.3, 0.4) is 0 Å². The molecular formula is C13H18N2O3S. The van der Waals surface area contributed by atoms with Crippen molar-refractivity contribution in [2.75, 3.05) is 11.5 Å². The standard InChI is InChI=1S/C13H18N2O3S/c16-13-6-5-12(11-3-4-11)14-15(13)8-10-2-1-7-19(17,18)9-10/h5-6,10-11H,1-4,7-9H2. The van der Waals surface area contributed by atoms with Gasteiger partial charge in [0.1, 0.15) is 0 Å². The van der Waals surface area contributed by atoms with E-state index in [-0.39, 0.29) is 23.0 Å². The van der Waals surface area contributed by atoms with Crippen LogP contribution in [0.4, 0.5) is 0 Å². The molecule has 1 aromatic rings. The zero-order valence-electron chi connectivity index (χ0n) is 10.8. The average Bonchev–Trinajstić information content (AvgIpc) is 3.15. The number of hydrogen-bond donors (Lipinski definition) is 0. The van der Waals surface area contributed by atoms with Crippen LogP contribution in [-0.4, -0.2) is 29.7 Å². The van der Waals surface area contributed by atoms with Crippen LogP contribution in [-0.2, 0) is 16.4 Å². The van der Waals surface area contributed by atoms with Crippen LogP contribution in [0.15, 0.2) is 16.9 Å². The van der Waals surface area contributed by atoms with E-state index in [0.717, 1.165) is 25.0 Å². The maximum atomic E-state index is 11.8. The molecule has 104 valence electrons. The molecule has 1 saturated heterocycles. The van der Waals surface area contributed by atoms with Crippen molar-refractivity contribution in [2.45, 2.75) is 38.1 Å². The van der Waals surface area contributed by atoms with E-state index in [1.807, 2.05) is 0 Å². The molecule has 0 spiro atoms. The molecule has 0 aromatic carbocycles. The summed E-state index contributed by atoms with van der Waals surface area (Å²) in [6.45, 7) is 0.429. The van der Waals surface area contributed by atoms with E-state index in [4.69, 9.17) is 0 Å². The van der Waals surface area contributed by atoms with Gasteiger partial charge in [0.25, 0.3) is 5.56 Å². The van der Waals surface area contributed by atoms with Crippen LogP contribution in [0.5, 0.6) is 0 Å². The first-order chi connectivity index (χ1) is 9.03. The summed E-state index contributed by atoms with van der Waals surface area (Å²) in [7, 11) is -2.92. The van der Waals surface area contributed by atoms with Crippen molar-refractivity contribution >= 4 is 9.84 Å². The number of hydrogen-bond acceptors (Lipinski definition) is 4. The van der Waals surface area contributed by atoms with Crippen LogP contribution < -0.4 is 5.56 Å². The minimum absolute atomic E-state index is 0.0263. The van der Waals surface area contributed by atoms with Gasteiger partial charge in [0.05, 0.1) is 17.2 Å². The minimum Gasteiger partial charge on any atom is -0.268 e. The second-order valence-corrected chi connectivity index (χ2v) is 7.90.